The van der Waals surface area contributed by atoms with E-state index >= 15 is 0 Å². The zero-order valence-electron chi connectivity index (χ0n) is 14.0. The van der Waals surface area contributed by atoms with Crippen molar-refractivity contribution in [3.05, 3.63) is 52.0 Å². The zero-order chi connectivity index (χ0) is 16.8. The summed E-state index contributed by atoms with van der Waals surface area (Å²) in [7, 11) is 1.81. The minimum atomic E-state index is -0.0310. The predicted molar refractivity (Wildman–Crippen MR) is 95.8 cm³/mol. The lowest BCUT2D eigenvalue weighted by atomic mass is 10.0. The molecule has 1 aromatic carbocycles. The van der Waals surface area contributed by atoms with Crippen molar-refractivity contribution in [2.24, 2.45) is 11.7 Å². The Balaban J connectivity index is 1.92. The Morgan fingerprint density at radius 3 is 2.65 bits per heavy atom. The second-order valence-electron chi connectivity index (χ2n) is 6.21. The van der Waals surface area contributed by atoms with E-state index in [2.05, 4.69) is 31.0 Å². The average Bonchev–Trinajstić information content (AvgIpc) is 3.00. The topological polar surface area (TPSA) is 59.2 Å². The van der Waals surface area contributed by atoms with Crippen LogP contribution in [0.5, 0.6) is 0 Å². The van der Waals surface area contributed by atoms with Gasteiger partial charge in [0.25, 0.3) is 5.91 Å². The van der Waals surface area contributed by atoms with E-state index in [4.69, 9.17) is 5.73 Å². The molecule has 5 heteroatoms. The van der Waals surface area contributed by atoms with Gasteiger partial charge in [0, 0.05) is 31.4 Å². The highest BCUT2D eigenvalue weighted by molar-refractivity contribution is 7.09. The summed E-state index contributed by atoms with van der Waals surface area (Å²) in [5.74, 6) is 0.395. The van der Waals surface area contributed by atoms with Crippen molar-refractivity contribution in [2.45, 2.75) is 32.7 Å². The van der Waals surface area contributed by atoms with Gasteiger partial charge in [0.2, 0.25) is 0 Å². The number of carbonyl (C=O) groups is 1. The Hall–Kier alpha value is -1.72. The second kappa shape index (κ2) is 8.22. The van der Waals surface area contributed by atoms with Crippen LogP contribution in [-0.4, -0.2) is 35.4 Å². The van der Waals surface area contributed by atoms with Gasteiger partial charge in [-0.3, -0.25) is 4.79 Å². The van der Waals surface area contributed by atoms with Crippen LogP contribution in [0.4, 0.5) is 0 Å². The Labute approximate surface area is 142 Å². The fourth-order valence-corrected chi connectivity index (χ4v) is 3.04. The van der Waals surface area contributed by atoms with Crippen LogP contribution in [0.15, 0.2) is 35.7 Å². The molecule has 4 nitrogen and oxygen atoms in total. The van der Waals surface area contributed by atoms with Gasteiger partial charge in [-0.25, -0.2) is 4.98 Å². The van der Waals surface area contributed by atoms with Crippen LogP contribution in [0, 0.1) is 5.92 Å². The fraction of sp³-hybridized carbons (Fsp3) is 0.444. The number of benzene rings is 1. The summed E-state index contributed by atoms with van der Waals surface area (Å²) in [6.45, 7) is 4.86. The third-order valence-electron chi connectivity index (χ3n) is 3.97. The lowest BCUT2D eigenvalue weighted by Crippen LogP contribution is -2.34. The van der Waals surface area contributed by atoms with Crippen molar-refractivity contribution in [3.63, 3.8) is 0 Å². The van der Waals surface area contributed by atoms with Crippen molar-refractivity contribution in [2.75, 3.05) is 13.6 Å². The molecule has 0 fully saturated rings. The van der Waals surface area contributed by atoms with E-state index in [0.717, 1.165) is 17.8 Å². The van der Waals surface area contributed by atoms with E-state index in [1.54, 1.807) is 4.90 Å². The van der Waals surface area contributed by atoms with Crippen LogP contribution >= 0.6 is 11.3 Å². The molecule has 0 bridgehead atoms. The molecule has 0 spiro atoms. The molecule has 0 aliphatic carbocycles. The summed E-state index contributed by atoms with van der Waals surface area (Å²) < 4.78 is 0. The highest BCUT2D eigenvalue weighted by Gasteiger charge is 2.17. The Morgan fingerprint density at radius 1 is 1.30 bits per heavy atom. The van der Waals surface area contributed by atoms with Gasteiger partial charge in [-0.2, -0.15) is 0 Å². The van der Waals surface area contributed by atoms with Gasteiger partial charge in [0.1, 0.15) is 5.69 Å². The Morgan fingerprint density at radius 2 is 2.00 bits per heavy atom. The van der Waals surface area contributed by atoms with Gasteiger partial charge in [-0.05, 0) is 17.9 Å². The largest absolute Gasteiger partial charge is 0.340 e. The SMILES string of the molecule is CC(C)C(N)CCN(C)C(=O)c1csc(Cc2ccccc2)n1. The number of amides is 1. The van der Waals surface area contributed by atoms with Crippen molar-refractivity contribution >= 4 is 17.2 Å². The number of nitrogens with zero attached hydrogens (tertiary/aromatic N) is 2. The number of nitrogens with two attached hydrogens (primary N) is 1. The Bertz CT molecular complexity index is 624. The standard InChI is InChI=1S/C18H25N3OS/c1-13(2)15(19)9-10-21(3)18(22)16-12-23-17(20-16)11-14-7-5-4-6-8-14/h4-8,12-13,15H,9-11,19H2,1-3H3. The maximum atomic E-state index is 12.4. The minimum absolute atomic E-state index is 0.0310. The molecule has 2 N–H and O–H groups in total. The van der Waals surface area contributed by atoms with Gasteiger partial charge in [0.05, 0.1) is 5.01 Å². The summed E-state index contributed by atoms with van der Waals surface area (Å²) >= 11 is 1.54. The molecule has 2 rings (SSSR count). The van der Waals surface area contributed by atoms with Crippen molar-refractivity contribution < 1.29 is 4.79 Å². The maximum absolute atomic E-state index is 12.4. The molecule has 0 radical (unpaired) electrons. The van der Waals surface area contributed by atoms with E-state index < -0.39 is 0 Å². The van der Waals surface area contributed by atoms with Crippen LogP contribution in [0.25, 0.3) is 0 Å². The monoisotopic (exact) mass is 331 g/mol. The van der Waals surface area contributed by atoms with E-state index in [1.807, 2.05) is 30.6 Å². The van der Waals surface area contributed by atoms with Crippen molar-refractivity contribution in [1.82, 2.24) is 9.88 Å². The predicted octanol–water partition coefficient (Wildman–Crippen LogP) is 3.18. The highest BCUT2D eigenvalue weighted by Crippen LogP contribution is 2.16. The molecule has 1 amide bonds. The molecule has 0 aliphatic heterocycles. The van der Waals surface area contributed by atoms with Crippen molar-refractivity contribution in [1.29, 1.82) is 0 Å². The van der Waals surface area contributed by atoms with Crippen LogP contribution < -0.4 is 5.73 Å². The normalized spacial score (nSPS) is 12.4. The summed E-state index contributed by atoms with van der Waals surface area (Å²) in [4.78, 5) is 18.6. The summed E-state index contributed by atoms with van der Waals surface area (Å²) in [5.41, 5.74) is 7.78. The third kappa shape index (κ3) is 5.15. The molecular weight excluding hydrogens is 306 g/mol. The summed E-state index contributed by atoms with van der Waals surface area (Å²) in [6.07, 6.45) is 1.57. The van der Waals surface area contributed by atoms with Gasteiger partial charge >= 0.3 is 0 Å². The molecule has 23 heavy (non-hydrogen) atoms. The van der Waals surface area contributed by atoms with E-state index in [0.29, 0.717) is 18.2 Å². The molecule has 1 aromatic heterocycles. The molecule has 0 aliphatic rings. The number of hydrogen-bond acceptors (Lipinski definition) is 4. The first-order valence-electron chi connectivity index (χ1n) is 7.96. The number of aromatic nitrogens is 1. The number of rotatable bonds is 7. The lowest BCUT2D eigenvalue weighted by Gasteiger charge is -2.20. The van der Waals surface area contributed by atoms with Crippen LogP contribution in [0.2, 0.25) is 0 Å². The quantitative estimate of drug-likeness (QED) is 0.848. The molecule has 1 heterocycles. The molecule has 0 saturated heterocycles. The summed E-state index contributed by atoms with van der Waals surface area (Å²) in [5, 5.41) is 2.81. The van der Waals surface area contributed by atoms with E-state index in [1.165, 1.54) is 16.9 Å². The second-order valence-corrected chi connectivity index (χ2v) is 7.15. The molecule has 1 atom stereocenters. The first kappa shape index (κ1) is 17.6. The van der Waals surface area contributed by atoms with Crippen LogP contribution in [0.3, 0.4) is 0 Å². The van der Waals surface area contributed by atoms with Crippen LogP contribution in [-0.2, 0) is 6.42 Å². The van der Waals surface area contributed by atoms with E-state index in [9.17, 15) is 4.79 Å². The van der Waals surface area contributed by atoms with E-state index in [-0.39, 0.29) is 11.9 Å². The smallest absolute Gasteiger partial charge is 0.273 e. The molecule has 124 valence electrons. The van der Waals surface area contributed by atoms with Crippen LogP contribution in [0.1, 0.15) is 41.3 Å². The number of carbonyl (C=O) groups excluding carboxylic acids is 1. The Kier molecular flexibility index (Phi) is 6.30. The van der Waals surface area contributed by atoms with Gasteiger partial charge < -0.3 is 10.6 Å². The zero-order valence-corrected chi connectivity index (χ0v) is 14.8. The fourth-order valence-electron chi connectivity index (χ4n) is 2.23. The first-order valence-corrected chi connectivity index (χ1v) is 8.84. The molecule has 2 aromatic rings. The van der Waals surface area contributed by atoms with Gasteiger partial charge in [0.15, 0.2) is 0 Å². The van der Waals surface area contributed by atoms with Crippen molar-refractivity contribution in [3.8, 4) is 0 Å². The van der Waals surface area contributed by atoms with Gasteiger partial charge in [-0.15, -0.1) is 11.3 Å². The molecular formula is C18H25N3OS. The number of thiazole rings is 1. The lowest BCUT2D eigenvalue weighted by molar-refractivity contribution is 0.0784. The molecule has 0 saturated carbocycles. The van der Waals surface area contributed by atoms with Gasteiger partial charge in [-0.1, -0.05) is 44.2 Å². The molecule has 1 unspecified atom stereocenters. The minimum Gasteiger partial charge on any atom is -0.340 e. The third-order valence-corrected chi connectivity index (χ3v) is 4.82. The average molecular weight is 331 g/mol. The maximum Gasteiger partial charge on any atom is 0.273 e. The number of hydrogen-bond donors (Lipinski definition) is 1. The summed E-state index contributed by atoms with van der Waals surface area (Å²) in [6, 6.07) is 10.3. The highest BCUT2D eigenvalue weighted by atomic mass is 32.1. The first-order chi connectivity index (χ1) is 11.0.